The predicted molar refractivity (Wildman–Crippen MR) is 66.3 cm³/mol. The van der Waals surface area contributed by atoms with Gasteiger partial charge in [0.15, 0.2) is 0 Å². The molecule has 0 fully saturated rings. The molecule has 0 N–H and O–H groups in total. The van der Waals surface area contributed by atoms with Gasteiger partial charge in [-0.3, -0.25) is 0 Å². The molecule has 0 bridgehead atoms. The van der Waals surface area contributed by atoms with E-state index < -0.39 is 0 Å². The molecule has 0 amide bonds. The van der Waals surface area contributed by atoms with E-state index in [4.69, 9.17) is 0 Å². The highest BCUT2D eigenvalue weighted by Gasteiger charge is 2.29. The van der Waals surface area contributed by atoms with E-state index in [1.807, 2.05) is 0 Å². The molecule has 0 unspecified atom stereocenters. The third kappa shape index (κ3) is 1.99. The Hall–Kier alpha value is -1.04. The van der Waals surface area contributed by atoms with E-state index in [1.165, 1.54) is 24.0 Å². The Balaban J connectivity index is 2.37. The first-order valence-electron chi connectivity index (χ1n) is 5.76. The van der Waals surface area contributed by atoms with E-state index in [1.54, 1.807) is 11.1 Å². The lowest BCUT2D eigenvalue weighted by Crippen LogP contribution is -2.12. The highest BCUT2D eigenvalue weighted by Crippen LogP contribution is 2.38. The highest BCUT2D eigenvalue weighted by atomic mass is 14.3. The van der Waals surface area contributed by atoms with Crippen molar-refractivity contribution in [1.82, 2.24) is 0 Å². The molecule has 1 aromatic carbocycles. The Morgan fingerprint density at radius 3 is 2.80 bits per heavy atom. The van der Waals surface area contributed by atoms with Crippen LogP contribution in [0.15, 0.2) is 30.4 Å². The summed E-state index contributed by atoms with van der Waals surface area (Å²) < 4.78 is 0. The molecule has 80 valence electrons. The second-order valence-electron chi connectivity index (χ2n) is 5.51. The number of hydrogen-bond acceptors (Lipinski definition) is 0. The van der Waals surface area contributed by atoms with Crippen molar-refractivity contribution in [1.29, 1.82) is 0 Å². The van der Waals surface area contributed by atoms with Gasteiger partial charge < -0.3 is 0 Å². The Kier molecular flexibility index (Phi) is 2.46. The summed E-state index contributed by atoms with van der Waals surface area (Å²) in [7, 11) is 0. The summed E-state index contributed by atoms with van der Waals surface area (Å²) >= 11 is 0. The van der Waals surface area contributed by atoms with Gasteiger partial charge in [-0.15, -0.1) is 0 Å². The number of fused-ring (bicyclic) bond motifs is 1. The van der Waals surface area contributed by atoms with E-state index in [0.29, 0.717) is 5.41 Å². The van der Waals surface area contributed by atoms with Crippen LogP contribution in [0.3, 0.4) is 0 Å². The minimum atomic E-state index is 0.375. The maximum absolute atomic E-state index is 3.98. The van der Waals surface area contributed by atoms with Crippen LogP contribution in [-0.2, 0) is 18.3 Å². The molecular weight excluding hydrogens is 180 g/mol. The average Bonchev–Trinajstić information content (AvgIpc) is 2.42. The molecule has 1 aliphatic carbocycles. The van der Waals surface area contributed by atoms with Crippen LogP contribution < -0.4 is 0 Å². The van der Waals surface area contributed by atoms with Crippen LogP contribution in [0.2, 0.25) is 0 Å². The summed E-state index contributed by atoms with van der Waals surface area (Å²) in [6.45, 7) is 10.8. The Bertz CT molecular complexity index is 396. The minimum Gasteiger partial charge on any atom is -0.0998 e. The smallest absolute Gasteiger partial charge is 0.00725 e. The first-order valence-corrected chi connectivity index (χ1v) is 5.76. The maximum Gasteiger partial charge on any atom is -0.00725 e. The molecule has 0 atom stereocenters. The zero-order chi connectivity index (χ0) is 11.1. The lowest BCUT2D eigenvalue weighted by molar-refractivity contribution is 0.522. The molecule has 0 aromatic heterocycles. The Morgan fingerprint density at radius 1 is 1.40 bits per heavy atom. The van der Waals surface area contributed by atoms with Gasteiger partial charge in [-0.25, -0.2) is 0 Å². The first kappa shape index (κ1) is 10.5. The number of aryl methyl sites for hydroxylation is 1. The fourth-order valence-corrected chi connectivity index (χ4v) is 2.51. The molecule has 1 aliphatic rings. The van der Waals surface area contributed by atoms with Gasteiger partial charge >= 0.3 is 0 Å². The molecule has 0 saturated carbocycles. The molecule has 0 heteroatoms. The van der Waals surface area contributed by atoms with Crippen LogP contribution in [0.1, 0.15) is 43.9 Å². The number of rotatable bonds is 2. The van der Waals surface area contributed by atoms with Gasteiger partial charge in [-0.2, -0.15) is 0 Å². The van der Waals surface area contributed by atoms with Crippen LogP contribution in [0.4, 0.5) is 0 Å². The lowest BCUT2D eigenvalue weighted by Gasteiger charge is -2.19. The standard InChI is InChI=1S/C15H20/c1-11(2)9-12-5-6-13-7-8-15(3,4)14(13)10-12/h5-6,10H,1,7-9H2,2-4H3. The van der Waals surface area contributed by atoms with Crippen molar-refractivity contribution in [2.75, 3.05) is 0 Å². The van der Waals surface area contributed by atoms with Crippen LogP contribution in [0, 0.1) is 0 Å². The molecule has 15 heavy (non-hydrogen) atoms. The average molecular weight is 200 g/mol. The molecule has 0 nitrogen and oxygen atoms in total. The summed E-state index contributed by atoms with van der Waals surface area (Å²) in [4.78, 5) is 0. The number of hydrogen-bond donors (Lipinski definition) is 0. The van der Waals surface area contributed by atoms with Gasteiger partial charge in [0.2, 0.25) is 0 Å². The van der Waals surface area contributed by atoms with Crippen LogP contribution in [-0.4, -0.2) is 0 Å². The quantitative estimate of drug-likeness (QED) is 0.632. The third-order valence-corrected chi connectivity index (χ3v) is 3.43. The SMILES string of the molecule is C=C(C)Cc1ccc2c(c1)C(C)(C)CC2. The molecule has 0 spiro atoms. The summed E-state index contributed by atoms with van der Waals surface area (Å²) in [5.74, 6) is 0. The van der Waals surface area contributed by atoms with Gasteiger partial charge in [-0.05, 0) is 48.3 Å². The maximum atomic E-state index is 3.98. The first-order chi connectivity index (χ1) is 6.99. The van der Waals surface area contributed by atoms with Crippen LogP contribution in [0.25, 0.3) is 0 Å². The van der Waals surface area contributed by atoms with Crippen LogP contribution >= 0.6 is 0 Å². The van der Waals surface area contributed by atoms with Gasteiger partial charge in [0.25, 0.3) is 0 Å². The largest absolute Gasteiger partial charge is 0.0998 e. The van der Waals surface area contributed by atoms with Gasteiger partial charge in [-0.1, -0.05) is 44.2 Å². The van der Waals surface area contributed by atoms with E-state index in [0.717, 1.165) is 6.42 Å². The zero-order valence-electron chi connectivity index (χ0n) is 10.1. The summed E-state index contributed by atoms with van der Waals surface area (Å²) in [5, 5.41) is 0. The fraction of sp³-hybridized carbons (Fsp3) is 0.467. The summed E-state index contributed by atoms with van der Waals surface area (Å²) in [5.41, 5.74) is 6.13. The zero-order valence-corrected chi connectivity index (χ0v) is 10.1. The lowest BCUT2D eigenvalue weighted by atomic mass is 9.85. The molecular formula is C15H20. The van der Waals surface area contributed by atoms with E-state index >= 15 is 0 Å². The fourth-order valence-electron chi connectivity index (χ4n) is 2.51. The predicted octanol–water partition coefficient (Wildman–Crippen LogP) is 4.03. The molecule has 0 heterocycles. The normalized spacial score (nSPS) is 17.5. The van der Waals surface area contributed by atoms with Crippen molar-refractivity contribution in [2.24, 2.45) is 0 Å². The van der Waals surface area contributed by atoms with E-state index in [9.17, 15) is 0 Å². The Labute approximate surface area is 93.0 Å². The van der Waals surface area contributed by atoms with E-state index in [-0.39, 0.29) is 0 Å². The monoisotopic (exact) mass is 200 g/mol. The summed E-state index contributed by atoms with van der Waals surface area (Å²) in [6, 6.07) is 6.95. The van der Waals surface area contributed by atoms with Crippen molar-refractivity contribution in [3.8, 4) is 0 Å². The molecule has 0 saturated heterocycles. The van der Waals surface area contributed by atoms with Crippen molar-refractivity contribution >= 4 is 0 Å². The van der Waals surface area contributed by atoms with Crippen molar-refractivity contribution in [3.63, 3.8) is 0 Å². The molecule has 2 rings (SSSR count). The molecule has 1 aromatic rings. The second kappa shape index (κ2) is 3.52. The molecule has 0 aliphatic heterocycles. The van der Waals surface area contributed by atoms with Gasteiger partial charge in [0, 0.05) is 0 Å². The van der Waals surface area contributed by atoms with E-state index in [2.05, 4.69) is 45.5 Å². The second-order valence-corrected chi connectivity index (χ2v) is 5.51. The third-order valence-electron chi connectivity index (χ3n) is 3.43. The summed E-state index contributed by atoms with van der Waals surface area (Å²) in [6.07, 6.45) is 3.55. The van der Waals surface area contributed by atoms with Crippen molar-refractivity contribution in [3.05, 3.63) is 47.0 Å². The van der Waals surface area contributed by atoms with Crippen molar-refractivity contribution in [2.45, 2.75) is 45.4 Å². The Morgan fingerprint density at radius 2 is 2.13 bits per heavy atom. The van der Waals surface area contributed by atoms with Gasteiger partial charge in [0.05, 0.1) is 0 Å². The van der Waals surface area contributed by atoms with Gasteiger partial charge in [0.1, 0.15) is 0 Å². The molecule has 0 radical (unpaired) electrons. The number of benzene rings is 1. The highest BCUT2D eigenvalue weighted by molar-refractivity contribution is 5.41. The topological polar surface area (TPSA) is 0 Å². The van der Waals surface area contributed by atoms with Crippen molar-refractivity contribution < 1.29 is 0 Å². The van der Waals surface area contributed by atoms with Crippen LogP contribution in [0.5, 0.6) is 0 Å². The minimum absolute atomic E-state index is 0.375. The number of allylic oxidation sites excluding steroid dienone is 1.